The van der Waals surface area contributed by atoms with Crippen molar-refractivity contribution in [1.82, 2.24) is 0 Å². The van der Waals surface area contributed by atoms with Gasteiger partial charge in [0.2, 0.25) is 0 Å². The Morgan fingerprint density at radius 1 is 1.80 bits per heavy atom. The van der Waals surface area contributed by atoms with Gasteiger partial charge < -0.3 is 5.73 Å². The van der Waals surface area contributed by atoms with Crippen molar-refractivity contribution in [3.05, 3.63) is 12.7 Å². The van der Waals surface area contributed by atoms with Gasteiger partial charge in [0, 0.05) is 13.0 Å². The smallest absolute Gasteiger partial charge is 0.117 e. The average Bonchev–Trinajstić information content (AvgIpc) is 1.98. The Bertz CT molecular complexity index is 164. The minimum absolute atomic E-state index is 0.443. The molecule has 0 aromatic carbocycles. The van der Waals surface area contributed by atoms with E-state index in [0.29, 0.717) is 18.8 Å². The van der Waals surface area contributed by atoms with E-state index in [1.165, 1.54) is 6.08 Å². The Kier molecular flexibility index (Phi) is 5.07. The number of amidine groups is 1. The molecule has 0 spiro atoms. The highest BCUT2D eigenvalue weighted by molar-refractivity contribution is 5.90. The van der Waals surface area contributed by atoms with E-state index < -0.39 is 0 Å². The van der Waals surface area contributed by atoms with Crippen molar-refractivity contribution in [3.63, 3.8) is 0 Å². The van der Waals surface area contributed by atoms with Crippen molar-refractivity contribution in [2.24, 2.45) is 10.7 Å². The lowest BCUT2D eigenvalue weighted by Crippen LogP contribution is -2.07. The minimum atomic E-state index is 0.443. The zero-order chi connectivity index (χ0) is 7.82. The normalized spacial score (nSPS) is 10.5. The Labute approximate surface area is 60.9 Å². The van der Waals surface area contributed by atoms with Crippen LogP contribution in [0.4, 0.5) is 0 Å². The number of unbranched alkanes of at least 4 members (excludes halogenated alkanes) is 1. The second-order valence-electron chi connectivity index (χ2n) is 1.77. The topological polar surface area (TPSA) is 62.2 Å². The van der Waals surface area contributed by atoms with Gasteiger partial charge in [-0.05, 0) is 12.5 Å². The molecule has 0 bridgehead atoms. The number of nitrogens with two attached hydrogens (primary N) is 1. The maximum Gasteiger partial charge on any atom is 0.117 e. The summed E-state index contributed by atoms with van der Waals surface area (Å²) in [4.78, 5) is 3.91. The summed E-state index contributed by atoms with van der Waals surface area (Å²) in [6, 6.07) is 2.02. The average molecular weight is 137 g/mol. The van der Waals surface area contributed by atoms with Gasteiger partial charge in [0.15, 0.2) is 0 Å². The van der Waals surface area contributed by atoms with E-state index in [-0.39, 0.29) is 0 Å². The third kappa shape index (κ3) is 4.85. The molecule has 3 heteroatoms. The highest BCUT2D eigenvalue weighted by atomic mass is 14.8. The molecule has 0 saturated carbocycles. The van der Waals surface area contributed by atoms with E-state index in [1.807, 2.05) is 6.07 Å². The predicted molar refractivity (Wildman–Crippen MR) is 41.5 cm³/mol. The zero-order valence-electron chi connectivity index (χ0n) is 5.88. The first kappa shape index (κ1) is 8.70. The number of aliphatic imine (C=N–C) groups is 1. The van der Waals surface area contributed by atoms with Gasteiger partial charge in [-0.3, -0.25) is 4.99 Å². The Morgan fingerprint density at radius 2 is 2.50 bits per heavy atom. The number of rotatable bonds is 4. The van der Waals surface area contributed by atoms with Crippen molar-refractivity contribution in [2.75, 3.05) is 6.54 Å². The first-order valence-electron chi connectivity index (χ1n) is 3.10. The van der Waals surface area contributed by atoms with Crippen LogP contribution in [0.5, 0.6) is 0 Å². The van der Waals surface area contributed by atoms with Crippen molar-refractivity contribution in [1.29, 1.82) is 5.26 Å². The molecule has 2 N–H and O–H groups in total. The molecule has 0 atom stereocenters. The van der Waals surface area contributed by atoms with Crippen molar-refractivity contribution < 1.29 is 0 Å². The van der Waals surface area contributed by atoms with Crippen LogP contribution in [-0.2, 0) is 0 Å². The number of nitrogens with zero attached hydrogens (tertiary/aromatic N) is 2. The van der Waals surface area contributed by atoms with Crippen LogP contribution in [0.15, 0.2) is 17.6 Å². The Hall–Kier alpha value is -1.30. The predicted octanol–water partition coefficient (Wildman–Crippen LogP) is 0.833. The van der Waals surface area contributed by atoms with E-state index >= 15 is 0 Å². The van der Waals surface area contributed by atoms with Crippen LogP contribution >= 0.6 is 0 Å². The highest BCUT2D eigenvalue weighted by Gasteiger charge is 1.83. The molecular weight excluding hydrogens is 126 g/mol. The van der Waals surface area contributed by atoms with Crippen LogP contribution in [0, 0.1) is 11.3 Å². The monoisotopic (exact) mass is 137 g/mol. The molecular formula is C7H11N3. The minimum Gasteiger partial charge on any atom is -0.384 e. The summed E-state index contributed by atoms with van der Waals surface area (Å²) in [6.07, 6.45) is 2.80. The summed E-state index contributed by atoms with van der Waals surface area (Å²) in [5.74, 6) is 0.443. The molecule has 0 heterocycles. The van der Waals surface area contributed by atoms with Crippen molar-refractivity contribution >= 4 is 5.84 Å². The van der Waals surface area contributed by atoms with E-state index in [0.717, 1.165) is 6.42 Å². The summed E-state index contributed by atoms with van der Waals surface area (Å²) in [7, 11) is 0. The summed E-state index contributed by atoms with van der Waals surface area (Å²) < 4.78 is 0. The van der Waals surface area contributed by atoms with Crippen molar-refractivity contribution in [2.45, 2.75) is 12.8 Å². The first-order valence-corrected chi connectivity index (χ1v) is 3.10. The molecule has 0 aliphatic carbocycles. The molecule has 0 saturated heterocycles. The zero-order valence-corrected chi connectivity index (χ0v) is 5.88. The van der Waals surface area contributed by atoms with E-state index in [1.54, 1.807) is 0 Å². The fraction of sp³-hybridized carbons (Fsp3) is 0.429. The number of hydrogen-bond donors (Lipinski definition) is 1. The van der Waals surface area contributed by atoms with Gasteiger partial charge in [-0.25, -0.2) is 0 Å². The van der Waals surface area contributed by atoms with Gasteiger partial charge in [0.25, 0.3) is 0 Å². The second-order valence-corrected chi connectivity index (χ2v) is 1.77. The fourth-order valence-electron chi connectivity index (χ4n) is 0.431. The van der Waals surface area contributed by atoms with Gasteiger partial charge in [-0.2, -0.15) is 5.26 Å². The largest absolute Gasteiger partial charge is 0.384 e. The lowest BCUT2D eigenvalue weighted by Gasteiger charge is -1.90. The Morgan fingerprint density at radius 3 is 3.00 bits per heavy atom. The molecule has 10 heavy (non-hydrogen) atoms. The molecule has 3 nitrogen and oxygen atoms in total. The van der Waals surface area contributed by atoms with Gasteiger partial charge in [0.1, 0.15) is 5.84 Å². The van der Waals surface area contributed by atoms with Crippen LogP contribution in [0.25, 0.3) is 0 Å². The molecule has 0 aliphatic rings. The van der Waals surface area contributed by atoms with Crippen LogP contribution in [0.1, 0.15) is 12.8 Å². The van der Waals surface area contributed by atoms with Crippen molar-refractivity contribution in [3.8, 4) is 6.07 Å². The SMILES string of the molecule is C=CC(N)=NCCCC#N. The first-order chi connectivity index (χ1) is 4.81. The summed E-state index contributed by atoms with van der Waals surface area (Å²) >= 11 is 0. The van der Waals surface area contributed by atoms with Gasteiger partial charge in [-0.15, -0.1) is 0 Å². The summed E-state index contributed by atoms with van der Waals surface area (Å²) in [6.45, 7) is 4.06. The number of hydrogen-bond acceptors (Lipinski definition) is 2. The molecule has 0 amide bonds. The molecule has 54 valence electrons. The fourth-order valence-corrected chi connectivity index (χ4v) is 0.431. The lowest BCUT2D eigenvalue weighted by atomic mass is 10.3. The molecule has 0 unspecified atom stereocenters. The van der Waals surface area contributed by atoms with Gasteiger partial charge >= 0.3 is 0 Å². The highest BCUT2D eigenvalue weighted by Crippen LogP contribution is 1.86. The maximum atomic E-state index is 8.14. The summed E-state index contributed by atoms with van der Waals surface area (Å²) in [5, 5.41) is 8.14. The van der Waals surface area contributed by atoms with Crippen LogP contribution in [-0.4, -0.2) is 12.4 Å². The molecule has 0 fully saturated rings. The standard InChI is InChI=1S/C7H11N3/c1-2-7(9)10-6-4-3-5-8/h2H,1,3-4,6H2,(H2,9,10). The van der Waals surface area contributed by atoms with Crippen LogP contribution in [0.2, 0.25) is 0 Å². The quantitative estimate of drug-likeness (QED) is 0.354. The molecule has 0 aliphatic heterocycles. The molecule has 0 rings (SSSR count). The van der Waals surface area contributed by atoms with E-state index in [4.69, 9.17) is 11.0 Å². The second kappa shape index (κ2) is 5.83. The third-order valence-corrected chi connectivity index (χ3v) is 0.950. The Balaban J connectivity index is 3.35. The molecule has 0 radical (unpaired) electrons. The molecule has 0 aromatic rings. The third-order valence-electron chi connectivity index (χ3n) is 0.950. The van der Waals surface area contributed by atoms with E-state index in [9.17, 15) is 0 Å². The number of nitriles is 1. The van der Waals surface area contributed by atoms with Crippen LogP contribution < -0.4 is 5.73 Å². The van der Waals surface area contributed by atoms with E-state index in [2.05, 4.69) is 11.6 Å². The van der Waals surface area contributed by atoms with Gasteiger partial charge in [-0.1, -0.05) is 6.58 Å². The maximum absolute atomic E-state index is 8.14. The molecule has 0 aromatic heterocycles. The van der Waals surface area contributed by atoms with Crippen LogP contribution in [0.3, 0.4) is 0 Å². The lowest BCUT2D eigenvalue weighted by molar-refractivity contribution is 0.862. The summed E-state index contributed by atoms with van der Waals surface area (Å²) in [5.41, 5.74) is 5.30. The van der Waals surface area contributed by atoms with Gasteiger partial charge in [0.05, 0.1) is 6.07 Å².